The Hall–Kier alpha value is -2.97. The van der Waals surface area contributed by atoms with Crippen LogP contribution in [0.3, 0.4) is 0 Å². The number of nitrogen functional groups attached to an aromatic ring is 1. The van der Waals surface area contributed by atoms with Crippen molar-refractivity contribution in [3.8, 4) is 0 Å². The molecule has 8 nitrogen and oxygen atoms in total. The van der Waals surface area contributed by atoms with Crippen molar-refractivity contribution in [3.63, 3.8) is 0 Å². The molecule has 1 aliphatic rings. The van der Waals surface area contributed by atoms with Gasteiger partial charge in [-0.1, -0.05) is 0 Å². The number of hydrogen-bond acceptors (Lipinski definition) is 6. The number of nitrogens with one attached hydrogen (secondary N) is 1. The van der Waals surface area contributed by atoms with E-state index in [-0.39, 0.29) is 23.1 Å². The predicted molar refractivity (Wildman–Crippen MR) is 81.6 cm³/mol. The molecule has 1 atom stereocenters. The highest BCUT2D eigenvalue weighted by atomic mass is 19.1. The van der Waals surface area contributed by atoms with Gasteiger partial charge in [-0.2, -0.15) is 0 Å². The summed E-state index contributed by atoms with van der Waals surface area (Å²) in [7, 11) is 0. The van der Waals surface area contributed by atoms with Crippen LogP contribution >= 0.6 is 0 Å². The van der Waals surface area contributed by atoms with Crippen molar-refractivity contribution in [1.29, 1.82) is 0 Å². The van der Waals surface area contributed by atoms with Crippen molar-refractivity contribution in [2.24, 2.45) is 0 Å². The minimum absolute atomic E-state index is 0.189. The molecule has 0 saturated carbocycles. The first-order valence-corrected chi connectivity index (χ1v) is 7.03. The van der Waals surface area contributed by atoms with Gasteiger partial charge >= 0.3 is 5.69 Å². The number of pyridine rings is 2. The first-order chi connectivity index (χ1) is 11.0. The Labute approximate surface area is 129 Å². The molecule has 0 bridgehead atoms. The highest BCUT2D eigenvalue weighted by Crippen LogP contribution is 2.35. The second-order valence-corrected chi connectivity index (χ2v) is 5.28. The molecule has 1 fully saturated rings. The van der Waals surface area contributed by atoms with Crippen molar-refractivity contribution in [1.82, 2.24) is 9.97 Å². The van der Waals surface area contributed by atoms with E-state index in [4.69, 9.17) is 5.73 Å². The zero-order valence-electron chi connectivity index (χ0n) is 12.0. The molecule has 3 N–H and O–H groups in total. The van der Waals surface area contributed by atoms with Gasteiger partial charge in [0.1, 0.15) is 11.6 Å². The second-order valence-electron chi connectivity index (χ2n) is 5.28. The normalized spacial score (nSPS) is 17.4. The van der Waals surface area contributed by atoms with E-state index < -0.39 is 10.7 Å². The van der Waals surface area contributed by atoms with Crippen LogP contribution in [0.1, 0.15) is 24.4 Å². The third-order valence-electron chi connectivity index (χ3n) is 3.89. The summed E-state index contributed by atoms with van der Waals surface area (Å²) >= 11 is 0. The van der Waals surface area contributed by atoms with Crippen LogP contribution < -0.4 is 16.2 Å². The SMILES string of the molecule is Nc1nc(N2CCC[C@@H]2c2cc(F)c[nH]c2=O)ccc1[N+](=O)[O-]. The fourth-order valence-corrected chi connectivity index (χ4v) is 2.86. The van der Waals surface area contributed by atoms with E-state index in [1.54, 1.807) is 0 Å². The van der Waals surface area contributed by atoms with E-state index >= 15 is 0 Å². The van der Waals surface area contributed by atoms with Crippen LogP contribution in [0.4, 0.5) is 21.7 Å². The third kappa shape index (κ3) is 2.72. The topological polar surface area (TPSA) is 118 Å². The lowest BCUT2D eigenvalue weighted by Crippen LogP contribution is -2.28. The molecule has 23 heavy (non-hydrogen) atoms. The smallest absolute Gasteiger partial charge is 0.311 e. The van der Waals surface area contributed by atoms with Crippen LogP contribution in [0.5, 0.6) is 0 Å². The van der Waals surface area contributed by atoms with E-state index in [9.17, 15) is 19.3 Å². The van der Waals surface area contributed by atoms with Gasteiger partial charge in [0.2, 0.25) is 5.82 Å². The molecule has 1 saturated heterocycles. The average Bonchev–Trinajstić information content (AvgIpc) is 2.98. The van der Waals surface area contributed by atoms with Gasteiger partial charge in [-0.3, -0.25) is 14.9 Å². The maximum Gasteiger partial charge on any atom is 0.311 e. The van der Waals surface area contributed by atoms with Crippen LogP contribution in [0.2, 0.25) is 0 Å². The number of nitrogens with zero attached hydrogens (tertiary/aromatic N) is 3. The molecule has 0 aliphatic carbocycles. The Balaban J connectivity index is 1.99. The number of rotatable bonds is 3. The summed E-state index contributed by atoms with van der Waals surface area (Å²) in [4.78, 5) is 30.4. The molecular formula is C14H14FN5O3. The Kier molecular flexibility index (Phi) is 3.68. The van der Waals surface area contributed by atoms with Crippen LogP contribution in [0.15, 0.2) is 29.2 Å². The van der Waals surface area contributed by atoms with Crippen LogP contribution in [0.25, 0.3) is 0 Å². The highest BCUT2D eigenvalue weighted by molar-refractivity contribution is 5.58. The molecular weight excluding hydrogens is 305 g/mol. The number of halogens is 1. The Morgan fingerprint density at radius 1 is 1.48 bits per heavy atom. The van der Waals surface area contributed by atoms with Gasteiger partial charge in [0.25, 0.3) is 5.56 Å². The minimum atomic E-state index is -0.606. The number of H-pyrrole nitrogens is 1. The quantitative estimate of drug-likeness (QED) is 0.657. The first-order valence-electron chi connectivity index (χ1n) is 7.03. The third-order valence-corrected chi connectivity index (χ3v) is 3.89. The summed E-state index contributed by atoms with van der Waals surface area (Å²) in [5.74, 6) is -0.284. The van der Waals surface area contributed by atoms with Crippen LogP contribution in [0, 0.1) is 15.9 Å². The number of hydrogen-bond donors (Lipinski definition) is 2. The summed E-state index contributed by atoms with van der Waals surface area (Å²) in [5, 5.41) is 10.8. The largest absolute Gasteiger partial charge is 0.378 e. The molecule has 2 aromatic heterocycles. The van der Waals surface area contributed by atoms with Gasteiger partial charge < -0.3 is 15.6 Å². The molecule has 0 unspecified atom stereocenters. The van der Waals surface area contributed by atoms with Crippen LogP contribution in [-0.2, 0) is 0 Å². The summed E-state index contributed by atoms with van der Waals surface area (Å²) in [6.07, 6.45) is 2.46. The Morgan fingerprint density at radius 2 is 2.26 bits per heavy atom. The second kappa shape index (κ2) is 5.67. The molecule has 0 amide bonds. The van der Waals surface area contributed by atoms with Gasteiger partial charge in [0.15, 0.2) is 0 Å². The lowest BCUT2D eigenvalue weighted by Gasteiger charge is -2.25. The van der Waals surface area contributed by atoms with E-state index in [1.807, 2.05) is 4.90 Å². The van der Waals surface area contributed by atoms with Crippen molar-refractivity contribution in [3.05, 3.63) is 56.2 Å². The minimum Gasteiger partial charge on any atom is -0.378 e. The molecule has 0 radical (unpaired) electrons. The van der Waals surface area contributed by atoms with Crippen LogP contribution in [-0.4, -0.2) is 21.4 Å². The summed E-state index contributed by atoms with van der Waals surface area (Å²) in [6.45, 7) is 0.602. The number of aromatic amines is 1. The zero-order valence-corrected chi connectivity index (χ0v) is 12.0. The van der Waals surface area contributed by atoms with Crippen molar-refractivity contribution >= 4 is 17.3 Å². The molecule has 9 heteroatoms. The maximum absolute atomic E-state index is 13.4. The number of aromatic nitrogens is 2. The van der Waals surface area contributed by atoms with Crippen molar-refractivity contribution in [2.45, 2.75) is 18.9 Å². The van der Waals surface area contributed by atoms with Gasteiger partial charge in [0.05, 0.1) is 11.0 Å². The van der Waals surface area contributed by atoms with E-state index in [1.165, 1.54) is 18.2 Å². The molecule has 2 aromatic rings. The van der Waals surface area contributed by atoms with Gasteiger partial charge in [-0.05, 0) is 25.0 Å². The van der Waals surface area contributed by atoms with Gasteiger partial charge in [-0.15, -0.1) is 0 Å². The van der Waals surface area contributed by atoms with Gasteiger partial charge in [-0.25, -0.2) is 9.37 Å². The molecule has 0 aromatic carbocycles. The monoisotopic (exact) mass is 319 g/mol. The number of nitro groups is 1. The molecule has 120 valence electrons. The standard InChI is InChI=1S/C14H14FN5O3/c15-8-6-9(14(21)17-7-8)10-2-1-5-19(10)12-4-3-11(20(22)23)13(16)18-12/h3-4,6-7,10H,1-2,5H2,(H2,16,18)(H,17,21)/t10-/m1/s1. The summed E-state index contributed by atoms with van der Waals surface area (Å²) in [5.41, 5.74) is 5.29. The fourth-order valence-electron chi connectivity index (χ4n) is 2.86. The zero-order chi connectivity index (χ0) is 16.6. The Morgan fingerprint density at radius 3 is 2.96 bits per heavy atom. The summed E-state index contributed by atoms with van der Waals surface area (Å²) in [6, 6.07) is 3.63. The molecule has 0 spiro atoms. The fraction of sp³-hybridized carbons (Fsp3) is 0.286. The molecule has 3 rings (SSSR count). The number of nitrogens with two attached hydrogens (primary N) is 1. The molecule has 1 aliphatic heterocycles. The van der Waals surface area contributed by atoms with E-state index in [2.05, 4.69) is 9.97 Å². The highest BCUT2D eigenvalue weighted by Gasteiger charge is 2.30. The summed E-state index contributed by atoms with van der Waals surface area (Å²) < 4.78 is 13.4. The maximum atomic E-state index is 13.4. The number of anilines is 2. The lowest BCUT2D eigenvalue weighted by molar-refractivity contribution is -0.384. The predicted octanol–water partition coefficient (Wildman–Crippen LogP) is 1.74. The lowest BCUT2D eigenvalue weighted by atomic mass is 10.1. The first kappa shape index (κ1) is 14.9. The van der Waals surface area contributed by atoms with E-state index in [0.29, 0.717) is 24.3 Å². The molecule has 3 heterocycles. The van der Waals surface area contributed by atoms with Crippen molar-refractivity contribution < 1.29 is 9.31 Å². The Bertz CT molecular complexity index is 822. The average molecular weight is 319 g/mol. The van der Waals surface area contributed by atoms with Crippen molar-refractivity contribution in [2.75, 3.05) is 17.2 Å². The van der Waals surface area contributed by atoms with Gasteiger partial charge in [0, 0.05) is 24.4 Å². The van der Waals surface area contributed by atoms with E-state index in [0.717, 1.165) is 12.6 Å².